The van der Waals surface area contributed by atoms with Gasteiger partial charge in [0.2, 0.25) is 0 Å². The van der Waals surface area contributed by atoms with E-state index in [1.165, 1.54) is 11.8 Å². The number of hydrogen-bond donors (Lipinski definition) is 2. The van der Waals surface area contributed by atoms with Crippen molar-refractivity contribution in [2.75, 3.05) is 5.32 Å². The van der Waals surface area contributed by atoms with Crippen LogP contribution in [0.2, 0.25) is 0 Å². The van der Waals surface area contributed by atoms with Crippen LogP contribution in [0.15, 0.2) is 57.0 Å². The summed E-state index contributed by atoms with van der Waals surface area (Å²) < 4.78 is 5.51. The summed E-state index contributed by atoms with van der Waals surface area (Å²) in [5.74, 6) is -0.283. The zero-order valence-corrected chi connectivity index (χ0v) is 14.8. The number of hydrogen-bond acceptors (Lipinski definition) is 6. The molecule has 128 valence electrons. The van der Waals surface area contributed by atoms with Crippen LogP contribution in [0.4, 0.5) is 6.01 Å². The maximum absolute atomic E-state index is 12.3. The predicted molar refractivity (Wildman–Crippen MR) is 96.6 cm³/mol. The van der Waals surface area contributed by atoms with Crippen molar-refractivity contribution in [1.29, 1.82) is 0 Å². The van der Waals surface area contributed by atoms with Gasteiger partial charge in [0.05, 0.1) is 0 Å². The summed E-state index contributed by atoms with van der Waals surface area (Å²) in [7, 11) is 0. The normalized spacial score (nSPS) is 10.7. The maximum atomic E-state index is 12.3. The van der Waals surface area contributed by atoms with Gasteiger partial charge < -0.3 is 10.2 Å². The summed E-state index contributed by atoms with van der Waals surface area (Å²) >= 11 is 1.32. The fourth-order valence-electron chi connectivity index (χ4n) is 2.44. The van der Waals surface area contributed by atoms with E-state index in [2.05, 4.69) is 15.5 Å². The largest absolute Gasteiger partial charge is 0.397 e. The van der Waals surface area contributed by atoms with E-state index >= 15 is 0 Å². The summed E-state index contributed by atoms with van der Waals surface area (Å²) in [6.45, 7) is 4.31. The van der Waals surface area contributed by atoms with Crippen LogP contribution in [0.3, 0.4) is 0 Å². The van der Waals surface area contributed by atoms with Gasteiger partial charge in [0.15, 0.2) is 0 Å². The number of carbonyl (C=O) groups excluding carboxylic acids is 1. The number of aryl methyl sites for hydroxylation is 2. The highest BCUT2D eigenvalue weighted by atomic mass is 32.2. The van der Waals surface area contributed by atoms with Gasteiger partial charge in [-0.05, 0) is 49.4 Å². The Hall–Kier alpha value is -2.64. The lowest BCUT2D eigenvalue weighted by Gasteiger charge is -2.04. The number of nitrogens with two attached hydrogens (primary N) is 1. The van der Waals surface area contributed by atoms with Crippen LogP contribution in [0.25, 0.3) is 0 Å². The molecule has 0 aliphatic rings. The lowest BCUT2D eigenvalue weighted by Crippen LogP contribution is -2.12. The average molecular weight is 354 g/mol. The number of amides is 1. The highest BCUT2D eigenvalue weighted by molar-refractivity contribution is 7.99. The van der Waals surface area contributed by atoms with Crippen LogP contribution in [-0.4, -0.2) is 16.1 Å². The topological polar surface area (TPSA) is 94.0 Å². The molecular formula is C18H18N4O2S. The number of nitrogens with one attached hydrogen (secondary N) is 1. The first-order valence-electron chi connectivity index (χ1n) is 7.74. The number of nitrogens with zero attached hydrogens (tertiary/aromatic N) is 2. The Balaban J connectivity index is 1.72. The molecule has 2 aromatic carbocycles. The van der Waals surface area contributed by atoms with Crippen LogP contribution in [0.1, 0.15) is 27.0 Å². The van der Waals surface area contributed by atoms with E-state index in [1.54, 1.807) is 0 Å². The van der Waals surface area contributed by atoms with Crippen molar-refractivity contribution in [3.8, 4) is 0 Å². The second kappa shape index (κ2) is 7.50. The van der Waals surface area contributed by atoms with Gasteiger partial charge in [-0.3, -0.25) is 10.1 Å². The number of carbonyl (C=O) groups is 1. The highest BCUT2D eigenvalue weighted by Gasteiger charge is 2.14. The molecule has 1 amide bonds. The van der Waals surface area contributed by atoms with Gasteiger partial charge in [-0.1, -0.05) is 45.6 Å². The molecule has 3 aromatic rings. The van der Waals surface area contributed by atoms with Crippen LogP contribution < -0.4 is 11.1 Å². The van der Waals surface area contributed by atoms with Crippen molar-refractivity contribution < 1.29 is 9.21 Å². The second-order valence-electron chi connectivity index (χ2n) is 5.62. The molecule has 1 heterocycles. The van der Waals surface area contributed by atoms with E-state index in [-0.39, 0.29) is 11.9 Å². The molecule has 0 spiro atoms. The standard InChI is InChI=1S/C18H18N4O2S/c1-11-7-12(2)9-14(8-11)16(23)20-17-21-22-18(24-17)25-15-6-4-3-5-13(15)10-19/h3-9H,10,19H2,1-2H3,(H,20,21,23). The molecular weight excluding hydrogens is 336 g/mol. The fraction of sp³-hybridized carbons (Fsp3) is 0.167. The summed E-state index contributed by atoms with van der Waals surface area (Å²) in [5.41, 5.74) is 9.31. The molecule has 25 heavy (non-hydrogen) atoms. The lowest BCUT2D eigenvalue weighted by molar-refractivity contribution is 0.102. The molecule has 0 aliphatic heterocycles. The molecule has 3 rings (SSSR count). The molecule has 0 saturated carbocycles. The Kier molecular flexibility index (Phi) is 5.16. The minimum absolute atomic E-state index is 0.0666. The number of rotatable bonds is 5. The number of aromatic nitrogens is 2. The predicted octanol–water partition coefficient (Wildman–Crippen LogP) is 3.55. The Morgan fingerprint density at radius 2 is 1.88 bits per heavy atom. The van der Waals surface area contributed by atoms with E-state index in [0.717, 1.165) is 21.6 Å². The zero-order chi connectivity index (χ0) is 17.8. The average Bonchev–Trinajstić information content (AvgIpc) is 3.01. The molecule has 0 radical (unpaired) electrons. The lowest BCUT2D eigenvalue weighted by atomic mass is 10.1. The van der Waals surface area contributed by atoms with Gasteiger partial charge in [-0.2, -0.15) is 0 Å². The molecule has 6 nitrogen and oxygen atoms in total. The van der Waals surface area contributed by atoms with Crippen molar-refractivity contribution in [3.63, 3.8) is 0 Å². The number of benzene rings is 2. The van der Waals surface area contributed by atoms with E-state index in [4.69, 9.17) is 10.2 Å². The van der Waals surface area contributed by atoms with E-state index in [1.807, 2.05) is 56.3 Å². The molecule has 1 aromatic heterocycles. The Morgan fingerprint density at radius 1 is 1.16 bits per heavy atom. The maximum Gasteiger partial charge on any atom is 0.323 e. The third kappa shape index (κ3) is 4.26. The van der Waals surface area contributed by atoms with Gasteiger partial charge >= 0.3 is 6.01 Å². The minimum Gasteiger partial charge on any atom is -0.397 e. The molecule has 0 unspecified atom stereocenters. The molecule has 0 fully saturated rings. The molecule has 0 saturated heterocycles. The molecule has 0 atom stereocenters. The SMILES string of the molecule is Cc1cc(C)cc(C(=O)Nc2nnc(Sc3ccccc3CN)o2)c1. The van der Waals surface area contributed by atoms with Gasteiger partial charge in [0, 0.05) is 17.0 Å². The van der Waals surface area contributed by atoms with E-state index in [0.29, 0.717) is 17.3 Å². The summed E-state index contributed by atoms with van der Waals surface area (Å²) in [6.07, 6.45) is 0. The van der Waals surface area contributed by atoms with Gasteiger partial charge in [-0.25, -0.2) is 0 Å². The summed E-state index contributed by atoms with van der Waals surface area (Å²) in [5, 5.41) is 10.8. The molecule has 7 heteroatoms. The fourth-order valence-corrected chi connectivity index (χ4v) is 3.26. The van der Waals surface area contributed by atoms with Crippen LogP contribution >= 0.6 is 11.8 Å². The van der Waals surface area contributed by atoms with Crippen molar-refractivity contribution in [2.24, 2.45) is 5.73 Å². The first kappa shape index (κ1) is 17.2. The van der Waals surface area contributed by atoms with Gasteiger partial charge in [0.25, 0.3) is 11.1 Å². The molecule has 3 N–H and O–H groups in total. The highest BCUT2D eigenvalue weighted by Crippen LogP contribution is 2.30. The van der Waals surface area contributed by atoms with Crippen molar-refractivity contribution in [1.82, 2.24) is 10.2 Å². The van der Waals surface area contributed by atoms with Gasteiger partial charge in [0.1, 0.15) is 0 Å². The van der Waals surface area contributed by atoms with Gasteiger partial charge in [-0.15, -0.1) is 0 Å². The summed E-state index contributed by atoms with van der Waals surface area (Å²) in [4.78, 5) is 13.3. The first-order valence-corrected chi connectivity index (χ1v) is 8.56. The quantitative estimate of drug-likeness (QED) is 0.728. The molecule has 0 aliphatic carbocycles. The smallest absolute Gasteiger partial charge is 0.323 e. The Morgan fingerprint density at radius 3 is 2.60 bits per heavy atom. The Bertz CT molecular complexity index is 887. The Labute approximate surface area is 149 Å². The monoisotopic (exact) mass is 354 g/mol. The first-order chi connectivity index (χ1) is 12.0. The van der Waals surface area contributed by atoms with Crippen molar-refractivity contribution in [2.45, 2.75) is 30.5 Å². The third-order valence-electron chi connectivity index (χ3n) is 3.50. The van der Waals surface area contributed by atoms with Crippen LogP contribution in [0.5, 0.6) is 0 Å². The third-order valence-corrected chi connectivity index (χ3v) is 4.46. The second-order valence-corrected chi connectivity index (χ2v) is 6.61. The van der Waals surface area contributed by atoms with Crippen LogP contribution in [0, 0.1) is 13.8 Å². The summed E-state index contributed by atoms with van der Waals surface area (Å²) in [6, 6.07) is 13.4. The van der Waals surface area contributed by atoms with E-state index in [9.17, 15) is 4.79 Å². The van der Waals surface area contributed by atoms with Crippen molar-refractivity contribution >= 4 is 23.7 Å². The minimum atomic E-state index is -0.283. The van der Waals surface area contributed by atoms with Crippen LogP contribution in [-0.2, 0) is 6.54 Å². The molecule has 0 bridgehead atoms. The number of anilines is 1. The van der Waals surface area contributed by atoms with Crippen molar-refractivity contribution in [3.05, 3.63) is 64.7 Å². The van der Waals surface area contributed by atoms with E-state index < -0.39 is 0 Å². The zero-order valence-electron chi connectivity index (χ0n) is 13.9.